The number of hydrogen-bond acceptors (Lipinski definition) is 5. The van der Waals surface area contributed by atoms with Gasteiger partial charge in [-0.05, 0) is 13.0 Å². The zero-order valence-electron chi connectivity index (χ0n) is 7.14. The second kappa shape index (κ2) is 3.14. The molecule has 6 heteroatoms. The van der Waals surface area contributed by atoms with Crippen LogP contribution < -0.4 is 5.73 Å². The Morgan fingerprint density at radius 2 is 2.38 bits per heavy atom. The summed E-state index contributed by atoms with van der Waals surface area (Å²) in [7, 11) is 0. The molecule has 5 nitrogen and oxygen atoms in total. The summed E-state index contributed by atoms with van der Waals surface area (Å²) in [6.07, 6.45) is 1.75. The topological polar surface area (TPSA) is 69.6 Å². The van der Waals surface area contributed by atoms with Crippen molar-refractivity contribution in [2.45, 2.75) is 13.5 Å². The predicted molar refractivity (Wildman–Crippen MR) is 51.2 cm³/mol. The number of nitrogens with zero attached hydrogens (tertiary/aromatic N) is 4. The molecule has 0 atom stereocenters. The Morgan fingerprint density at radius 3 is 3.00 bits per heavy atom. The molecule has 0 unspecified atom stereocenters. The van der Waals surface area contributed by atoms with Crippen LogP contribution in [0.1, 0.15) is 6.92 Å². The van der Waals surface area contributed by atoms with Crippen LogP contribution in [-0.4, -0.2) is 20.0 Å². The van der Waals surface area contributed by atoms with Crippen molar-refractivity contribution in [1.29, 1.82) is 0 Å². The molecule has 0 spiro atoms. The van der Waals surface area contributed by atoms with Crippen LogP contribution in [0.4, 0.5) is 5.13 Å². The number of nitrogen functional groups attached to an aromatic ring is 1. The fourth-order valence-corrected chi connectivity index (χ4v) is 1.74. The van der Waals surface area contributed by atoms with E-state index in [0.717, 1.165) is 17.2 Å². The molecule has 2 heterocycles. The van der Waals surface area contributed by atoms with Crippen LogP contribution in [0.5, 0.6) is 0 Å². The molecule has 2 aromatic rings. The molecule has 0 aliphatic rings. The van der Waals surface area contributed by atoms with Crippen molar-refractivity contribution in [2.75, 3.05) is 5.73 Å². The lowest BCUT2D eigenvalue weighted by atomic mass is 10.4. The maximum atomic E-state index is 5.49. The minimum atomic E-state index is 0.485. The second-order valence-corrected chi connectivity index (χ2v) is 3.49. The molecule has 0 aliphatic heterocycles. The third-order valence-corrected chi connectivity index (χ3v) is 2.45. The molecule has 0 saturated carbocycles. The fourth-order valence-electron chi connectivity index (χ4n) is 1.10. The highest BCUT2D eigenvalue weighted by Gasteiger charge is 2.08. The molecular formula is C7H9N5S. The molecule has 2 aromatic heterocycles. The van der Waals surface area contributed by atoms with Crippen LogP contribution in [-0.2, 0) is 6.54 Å². The van der Waals surface area contributed by atoms with Crippen LogP contribution in [0, 0.1) is 0 Å². The molecule has 0 saturated heterocycles. The number of hydrogen-bond donors (Lipinski definition) is 1. The Kier molecular flexibility index (Phi) is 1.97. The first-order chi connectivity index (χ1) is 6.31. The van der Waals surface area contributed by atoms with Crippen molar-refractivity contribution >= 4 is 16.5 Å². The van der Waals surface area contributed by atoms with Crippen molar-refractivity contribution in [2.24, 2.45) is 0 Å². The van der Waals surface area contributed by atoms with E-state index in [1.165, 1.54) is 11.3 Å². The van der Waals surface area contributed by atoms with Crippen LogP contribution in [0.15, 0.2) is 12.3 Å². The average Bonchev–Trinajstić information content (AvgIpc) is 2.71. The van der Waals surface area contributed by atoms with Gasteiger partial charge in [0.2, 0.25) is 5.13 Å². The third-order valence-electron chi connectivity index (χ3n) is 1.68. The number of aromatic nitrogens is 4. The van der Waals surface area contributed by atoms with Gasteiger partial charge in [-0.15, -0.1) is 10.2 Å². The molecule has 0 bridgehead atoms. The van der Waals surface area contributed by atoms with E-state index in [0.29, 0.717) is 5.13 Å². The zero-order valence-corrected chi connectivity index (χ0v) is 7.95. The van der Waals surface area contributed by atoms with Gasteiger partial charge in [0.05, 0.1) is 5.69 Å². The van der Waals surface area contributed by atoms with E-state index in [1.54, 1.807) is 6.20 Å². The van der Waals surface area contributed by atoms with E-state index < -0.39 is 0 Å². The number of rotatable bonds is 2. The molecular weight excluding hydrogens is 186 g/mol. The monoisotopic (exact) mass is 195 g/mol. The van der Waals surface area contributed by atoms with E-state index >= 15 is 0 Å². The van der Waals surface area contributed by atoms with Crippen molar-refractivity contribution in [1.82, 2.24) is 20.0 Å². The van der Waals surface area contributed by atoms with E-state index in [2.05, 4.69) is 15.3 Å². The van der Waals surface area contributed by atoms with E-state index in [4.69, 9.17) is 5.73 Å². The molecule has 2 rings (SSSR count). The van der Waals surface area contributed by atoms with Gasteiger partial charge in [0.25, 0.3) is 0 Å². The summed E-state index contributed by atoms with van der Waals surface area (Å²) in [4.78, 5) is 0. The molecule has 13 heavy (non-hydrogen) atoms. The van der Waals surface area contributed by atoms with Gasteiger partial charge >= 0.3 is 0 Å². The van der Waals surface area contributed by atoms with Crippen molar-refractivity contribution in [3.8, 4) is 10.7 Å². The normalized spacial score (nSPS) is 10.5. The molecule has 0 aromatic carbocycles. The third kappa shape index (κ3) is 1.40. The minimum absolute atomic E-state index is 0.485. The zero-order chi connectivity index (χ0) is 9.26. The van der Waals surface area contributed by atoms with Gasteiger partial charge < -0.3 is 5.73 Å². The van der Waals surface area contributed by atoms with Crippen molar-refractivity contribution in [3.63, 3.8) is 0 Å². The second-order valence-electron chi connectivity index (χ2n) is 2.48. The Hall–Kier alpha value is -1.43. The molecule has 0 fully saturated rings. The summed E-state index contributed by atoms with van der Waals surface area (Å²) < 4.78 is 1.86. The summed E-state index contributed by atoms with van der Waals surface area (Å²) in [5.41, 5.74) is 6.46. The molecule has 0 amide bonds. The fraction of sp³-hybridized carbons (Fsp3) is 0.286. The van der Waals surface area contributed by atoms with Crippen LogP contribution >= 0.6 is 11.3 Å². The van der Waals surface area contributed by atoms with Gasteiger partial charge in [-0.2, -0.15) is 5.10 Å². The summed E-state index contributed by atoms with van der Waals surface area (Å²) in [6, 6.07) is 1.91. The standard InChI is InChI=1S/C7H9N5S/c1-2-12-5(3-4-9-12)6-10-11-7(8)13-6/h3-4H,2H2,1H3,(H2,8,11). The largest absolute Gasteiger partial charge is 0.374 e. The Labute approximate surface area is 79.2 Å². The van der Waals surface area contributed by atoms with Crippen LogP contribution in [0.25, 0.3) is 10.7 Å². The lowest BCUT2D eigenvalue weighted by Crippen LogP contribution is -1.98. The first-order valence-corrected chi connectivity index (χ1v) is 4.74. The minimum Gasteiger partial charge on any atom is -0.374 e. The summed E-state index contributed by atoms with van der Waals surface area (Å²) in [5.74, 6) is 0. The highest BCUT2D eigenvalue weighted by Crippen LogP contribution is 2.23. The van der Waals surface area contributed by atoms with Gasteiger partial charge in [-0.3, -0.25) is 4.68 Å². The maximum absolute atomic E-state index is 5.49. The maximum Gasteiger partial charge on any atom is 0.203 e. The summed E-state index contributed by atoms with van der Waals surface area (Å²) in [6.45, 7) is 2.85. The number of anilines is 1. The van der Waals surface area contributed by atoms with Crippen LogP contribution in [0.3, 0.4) is 0 Å². The van der Waals surface area contributed by atoms with Crippen LogP contribution in [0.2, 0.25) is 0 Å². The Morgan fingerprint density at radius 1 is 1.54 bits per heavy atom. The van der Waals surface area contributed by atoms with E-state index in [1.807, 2.05) is 17.7 Å². The highest BCUT2D eigenvalue weighted by atomic mass is 32.1. The number of nitrogens with two attached hydrogens (primary N) is 1. The summed E-state index contributed by atoms with van der Waals surface area (Å²) in [5, 5.41) is 13.1. The predicted octanol–water partition coefficient (Wildman–Crippen LogP) is 1.00. The Balaban J connectivity index is 2.45. The first-order valence-electron chi connectivity index (χ1n) is 3.92. The quantitative estimate of drug-likeness (QED) is 0.776. The van der Waals surface area contributed by atoms with E-state index in [-0.39, 0.29) is 0 Å². The van der Waals surface area contributed by atoms with Gasteiger partial charge in [-0.1, -0.05) is 11.3 Å². The van der Waals surface area contributed by atoms with E-state index in [9.17, 15) is 0 Å². The highest BCUT2D eigenvalue weighted by molar-refractivity contribution is 7.18. The smallest absolute Gasteiger partial charge is 0.203 e. The lowest BCUT2D eigenvalue weighted by Gasteiger charge is -1.98. The first kappa shape index (κ1) is 8.18. The molecule has 2 N–H and O–H groups in total. The lowest BCUT2D eigenvalue weighted by molar-refractivity contribution is 0.666. The van der Waals surface area contributed by atoms with Gasteiger partial charge in [-0.25, -0.2) is 0 Å². The SMILES string of the molecule is CCn1nccc1-c1nnc(N)s1. The molecule has 68 valence electrons. The summed E-state index contributed by atoms with van der Waals surface area (Å²) >= 11 is 1.37. The Bertz CT molecular complexity index is 404. The molecule has 0 radical (unpaired) electrons. The van der Waals surface area contributed by atoms with Crippen molar-refractivity contribution < 1.29 is 0 Å². The van der Waals surface area contributed by atoms with Gasteiger partial charge in [0.15, 0.2) is 5.01 Å². The average molecular weight is 195 g/mol. The van der Waals surface area contributed by atoms with Gasteiger partial charge in [0.1, 0.15) is 0 Å². The van der Waals surface area contributed by atoms with Gasteiger partial charge in [0, 0.05) is 12.7 Å². The molecule has 0 aliphatic carbocycles. The number of aryl methyl sites for hydroxylation is 1. The van der Waals surface area contributed by atoms with Crippen molar-refractivity contribution in [3.05, 3.63) is 12.3 Å².